The lowest BCUT2D eigenvalue weighted by Gasteiger charge is -2.27. The monoisotopic (exact) mass is 652 g/mol. The van der Waals surface area contributed by atoms with Gasteiger partial charge in [0.1, 0.15) is 0 Å². The summed E-state index contributed by atoms with van der Waals surface area (Å²) >= 11 is 0. The van der Waals surface area contributed by atoms with E-state index >= 15 is 0 Å². The number of halogens is 3. The normalized spacial score (nSPS) is 16.0. The van der Waals surface area contributed by atoms with Crippen molar-refractivity contribution in [3.05, 3.63) is 71.1 Å². The van der Waals surface area contributed by atoms with Gasteiger partial charge in [-0.2, -0.15) is 18.3 Å². The predicted molar refractivity (Wildman–Crippen MR) is 151 cm³/mol. The number of hydrogen-bond donors (Lipinski definition) is 1. The molecule has 2 heterocycles. The number of carbonyl (C=O) groups is 2. The molecule has 1 fully saturated rings. The van der Waals surface area contributed by atoms with Crippen LogP contribution < -0.4 is 4.72 Å². The molecular weight excluding hydrogens is 621 g/mol. The van der Waals surface area contributed by atoms with Crippen LogP contribution in [0.4, 0.5) is 13.2 Å². The lowest BCUT2D eigenvalue weighted by molar-refractivity contribution is -0.714. The molecule has 0 bridgehead atoms. The summed E-state index contributed by atoms with van der Waals surface area (Å²) in [6.07, 6.45) is -4.05. The van der Waals surface area contributed by atoms with Gasteiger partial charge in [0, 0.05) is 5.56 Å². The molecule has 1 aromatic heterocycles. The first-order valence-electron chi connectivity index (χ1n) is 13.8. The Morgan fingerprint density at radius 1 is 1.16 bits per heavy atom. The van der Waals surface area contributed by atoms with E-state index in [1.165, 1.54) is 12.1 Å². The molecule has 1 atom stereocenters. The number of sulfonamides is 1. The van der Waals surface area contributed by atoms with Crippen molar-refractivity contribution in [2.24, 2.45) is 17.1 Å². The summed E-state index contributed by atoms with van der Waals surface area (Å²) in [4.78, 5) is 28.8. The number of carbonyl (C=O) groups excluding carboxylic acids is 2. The molecule has 1 aliphatic heterocycles. The fraction of sp³-hybridized carbons (Fsp3) is 0.393. The molecule has 3 aromatic rings. The number of alkyl halides is 3. The smallest absolute Gasteiger partial charge is 0.435 e. The number of esters is 1. The number of amides is 1. The number of aryl methyl sites for hydroxylation is 1. The number of hydrazine groups is 1. The van der Waals surface area contributed by atoms with Crippen molar-refractivity contribution in [2.45, 2.75) is 44.7 Å². The Balaban J connectivity index is 1.44. The van der Waals surface area contributed by atoms with E-state index in [-0.39, 0.29) is 34.3 Å². The predicted octanol–water partition coefficient (Wildman–Crippen LogP) is 4.35. The molecule has 0 spiro atoms. The van der Waals surface area contributed by atoms with Gasteiger partial charge >= 0.3 is 12.1 Å². The van der Waals surface area contributed by atoms with Crippen LogP contribution in [0.5, 0.6) is 0 Å². The zero-order valence-corrected chi connectivity index (χ0v) is 25.3. The molecule has 242 valence electrons. The summed E-state index contributed by atoms with van der Waals surface area (Å²) in [7, 11) is -4.38. The second-order valence-corrected chi connectivity index (χ2v) is 12.3. The van der Waals surface area contributed by atoms with E-state index in [1.54, 1.807) is 38.1 Å². The van der Waals surface area contributed by atoms with E-state index in [0.29, 0.717) is 18.4 Å². The SMILES string of the molecule is Cc1ccc(-c2cc(C(F)(F)F)nn2-c2ccc(S(=O)(=O)NC(=O)C3CCCN(/[N+]([O-])=N/OCOC(=O)C(C)C)C3)cc2)cc1. The Hall–Kier alpha value is -4.67. The first kappa shape index (κ1) is 33.2. The van der Waals surface area contributed by atoms with E-state index in [1.807, 2.05) is 11.6 Å². The number of benzene rings is 2. The van der Waals surface area contributed by atoms with Crippen molar-refractivity contribution in [3.8, 4) is 16.9 Å². The van der Waals surface area contributed by atoms with Gasteiger partial charge in [0.25, 0.3) is 16.8 Å². The van der Waals surface area contributed by atoms with Crippen LogP contribution in [0.15, 0.2) is 64.8 Å². The molecule has 17 heteroatoms. The van der Waals surface area contributed by atoms with Crippen molar-refractivity contribution < 1.29 is 45.7 Å². The van der Waals surface area contributed by atoms with Crippen LogP contribution in [-0.2, 0) is 35.4 Å². The van der Waals surface area contributed by atoms with Gasteiger partial charge in [-0.1, -0.05) is 43.7 Å². The molecule has 1 N–H and O–H groups in total. The Kier molecular flexibility index (Phi) is 10.00. The largest absolute Gasteiger partial charge is 0.569 e. The molecule has 13 nitrogen and oxygen atoms in total. The van der Waals surface area contributed by atoms with E-state index < -0.39 is 52.4 Å². The first-order valence-corrected chi connectivity index (χ1v) is 15.3. The van der Waals surface area contributed by atoms with Crippen molar-refractivity contribution in [3.63, 3.8) is 0 Å². The van der Waals surface area contributed by atoms with Gasteiger partial charge in [0.2, 0.25) is 11.2 Å². The topological polar surface area (TPSA) is 158 Å². The zero-order valence-electron chi connectivity index (χ0n) is 24.5. The summed E-state index contributed by atoms with van der Waals surface area (Å²) in [5.74, 6) is -2.68. The molecule has 1 unspecified atom stereocenters. The van der Waals surface area contributed by atoms with Gasteiger partial charge in [-0.05, 0) is 50.1 Å². The van der Waals surface area contributed by atoms with Crippen LogP contribution in [0.25, 0.3) is 16.9 Å². The van der Waals surface area contributed by atoms with Crippen molar-refractivity contribution >= 4 is 21.9 Å². The molecule has 2 aromatic carbocycles. The third kappa shape index (κ3) is 8.29. The molecule has 45 heavy (non-hydrogen) atoms. The lowest BCUT2D eigenvalue weighted by Crippen LogP contribution is -2.46. The number of nitrogens with one attached hydrogen (secondary N) is 1. The van der Waals surface area contributed by atoms with Crippen molar-refractivity contribution in [2.75, 3.05) is 19.9 Å². The lowest BCUT2D eigenvalue weighted by atomic mass is 9.99. The fourth-order valence-corrected chi connectivity index (χ4v) is 5.43. The first-order chi connectivity index (χ1) is 21.2. The third-order valence-corrected chi connectivity index (χ3v) is 8.20. The van der Waals surface area contributed by atoms with E-state index in [9.17, 15) is 36.4 Å². The molecule has 1 amide bonds. The molecule has 1 aliphatic rings. The van der Waals surface area contributed by atoms with E-state index in [2.05, 4.69) is 10.4 Å². The zero-order chi connectivity index (χ0) is 32.9. The third-order valence-electron chi connectivity index (χ3n) is 6.84. The van der Waals surface area contributed by atoms with Crippen LogP contribution in [0, 0.1) is 24.0 Å². The summed E-state index contributed by atoms with van der Waals surface area (Å²) < 4.78 is 74.4. The minimum atomic E-state index is -4.71. The Morgan fingerprint density at radius 3 is 2.44 bits per heavy atom. The molecule has 0 aliphatic carbocycles. The average Bonchev–Trinajstić information content (AvgIpc) is 3.46. The Morgan fingerprint density at radius 2 is 1.82 bits per heavy atom. The fourth-order valence-electron chi connectivity index (χ4n) is 4.39. The highest BCUT2D eigenvalue weighted by atomic mass is 32.2. The van der Waals surface area contributed by atoms with Crippen molar-refractivity contribution in [1.82, 2.24) is 19.5 Å². The maximum atomic E-state index is 13.5. The molecule has 1 saturated heterocycles. The molecule has 0 radical (unpaired) electrons. The van der Waals surface area contributed by atoms with Crippen molar-refractivity contribution in [1.29, 1.82) is 0 Å². The number of nitrogens with zero attached hydrogens (tertiary/aromatic N) is 5. The number of piperidine rings is 1. The maximum absolute atomic E-state index is 13.5. The van der Waals surface area contributed by atoms with Crippen LogP contribution in [0.3, 0.4) is 0 Å². The van der Waals surface area contributed by atoms with Gasteiger partial charge in [-0.25, -0.2) is 17.8 Å². The quantitative estimate of drug-likeness (QED) is 0.0840. The molecular formula is C28H31F3N6O7S. The van der Waals surface area contributed by atoms with Crippen LogP contribution >= 0.6 is 0 Å². The highest BCUT2D eigenvalue weighted by Crippen LogP contribution is 2.33. The van der Waals surface area contributed by atoms with Crippen LogP contribution in [-0.4, -0.2) is 59.9 Å². The number of rotatable bonds is 10. The Bertz CT molecular complexity index is 1660. The summed E-state index contributed by atoms with van der Waals surface area (Å²) in [5.41, 5.74) is 0.576. The number of hydrogen-bond acceptors (Lipinski definition) is 9. The average molecular weight is 653 g/mol. The summed E-state index contributed by atoms with van der Waals surface area (Å²) in [6.45, 7) is 4.55. The van der Waals surface area contributed by atoms with Gasteiger partial charge < -0.3 is 14.8 Å². The van der Waals surface area contributed by atoms with Crippen LogP contribution in [0.1, 0.15) is 37.9 Å². The number of ether oxygens (including phenoxy) is 1. The van der Waals surface area contributed by atoms with E-state index in [0.717, 1.165) is 33.5 Å². The van der Waals surface area contributed by atoms with Gasteiger partial charge in [0.05, 0.1) is 46.2 Å². The summed E-state index contributed by atoms with van der Waals surface area (Å²) in [5, 5.41) is 20.4. The van der Waals surface area contributed by atoms with Gasteiger partial charge in [-0.15, -0.1) is 5.01 Å². The standard InChI is InChI=1S/C28H31F3N6O7S/c1-18(2)27(39)43-17-44-34-37(40)35-14-4-5-21(16-35)26(38)33-45(41,42)23-12-10-22(11-13-23)36-24(15-25(32-36)28(29,30)31)20-8-6-19(3)7-9-20/h6-13,15,18,21H,4-5,14,16-17H2,1-3H3,(H,33,38)/b37-34-. The van der Waals surface area contributed by atoms with Gasteiger partial charge in [0.15, 0.2) is 5.69 Å². The Labute approximate surface area is 256 Å². The maximum Gasteiger partial charge on any atom is 0.435 e. The minimum Gasteiger partial charge on any atom is -0.569 e. The highest BCUT2D eigenvalue weighted by Gasteiger charge is 2.36. The van der Waals surface area contributed by atoms with E-state index in [4.69, 9.17) is 9.57 Å². The minimum absolute atomic E-state index is 0.0974. The highest BCUT2D eigenvalue weighted by molar-refractivity contribution is 7.90. The molecule has 0 saturated carbocycles. The summed E-state index contributed by atoms with van der Waals surface area (Å²) in [6, 6.07) is 12.6. The second kappa shape index (κ2) is 13.5. The van der Waals surface area contributed by atoms with Crippen LogP contribution in [0.2, 0.25) is 0 Å². The second-order valence-electron chi connectivity index (χ2n) is 10.6. The molecule has 4 rings (SSSR count). The number of aromatic nitrogens is 2. The van der Waals surface area contributed by atoms with Gasteiger partial charge in [-0.3, -0.25) is 9.59 Å².